The number of sulfonamides is 1. The Bertz CT molecular complexity index is 2800. The molecule has 65 heavy (non-hydrogen) atoms. The molecule has 6 rings (SSSR count). The Hall–Kier alpha value is -5.45. The smallest absolute Gasteiger partial charge is 0.435 e. The van der Waals surface area contributed by atoms with Crippen LogP contribution in [0.4, 0.5) is 54.5 Å². The predicted octanol–water partition coefficient (Wildman–Crippen LogP) is 7.05. The molecule has 2 aromatic carbocycles. The number of carbonyl (C=O) groups excluding carboxylic acids is 2. The van der Waals surface area contributed by atoms with Crippen LogP contribution in [0.5, 0.6) is 0 Å². The number of amides is 2. The van der Waals surface area contributed by atoms with Crippen molar-refractivity contribution in [3.63, 3.8) is 0 Å². The summed E-state index contributed by atoms with van der Waals surface area (Å²) in [7, 11) is -4.80. The van der Waals surface area contributed by atoms with Gasteiger partial charge in [0.1, 0.15) is 37.0 Å². The van der Waals surface area contributed by atoms with Gasteiger partial charge in [-0.1, -0.05) is 46.3 Å². The van der Waals surface area contributed by atoms with Crippen molar-refractivity contribution in [1.29, 1.82) is 5.41 Å². The fraction of sp³-hybridized carbons (Fsp3) is 0.351. The summed E-state index contributed by atoms with van der Waals surface area (Å²) in [4.78, 5) is 31.7. The Labute approximate surface area is 379 Å². The van der Waals surface area contributed by atoms with E-state index in [1.165, 1.54) is 41.6 Å². The Balaban J connectivity index is 1.53. The molecule has 15 nitrogen and oxygen atoms in total. The molecular formula is C37H32ClF10IN10O5S. The summed E-state index contributed by atoms with van der Waals surface area (Å²) in [6.45, 7) is -2.63. The minimum absolute atomic E-state index is 0.0541. The summed E-state index contributed by atoms with van der Waals surface area (Å²) in [5.41, 5.74) is 0.315. The molecule has 1 aliphatic rings. The van der Waals surface area contributed by atoms with Crippen LogP contribution < -0.4 is 20.7 Å². The first-order valence-corrected chi connectivity index (χ1v) is 22.0. The van der Waals surface area contributed by atoms with Crippen LogP contribution in [-0.4, -0.2) is 80.4 Å². The summed E-state index contributed by atoms with van der Waals surface area (Å²) in [5, 5.41) is 18.2. The first-order chi connectivity index (χ1) is 30.1. The number of guanidine groups is 1. The van der Waals surface area contributed by atoms with Gasteiger partial charge in [-0.05, 0) is 49.6 Å². The van der Waals surface area contributed by atoms with Crippen LogP contribution in [0.15, 0.2) is 42.5 Å². The number of aryl methyl sites for hydroxylation is 1. The molecule has 0 bridgehead atoms. The van der Waals surface area contributed by atoms with Crippen LogP contribution in [-0.2, 0) is 57.6 Å². The van der Waals surface area contributed by atoms with Crippen molar-refractivity contribution in [2.24, 2.45) is 5.73 Å². The second-order valence-corrected chi connectivity index (χ2v) is 18.3. The Morgan fingerprint density at radius 2 is 1.71 bits per heavy atom. The number of fused-ring (bicyclic) bond motifs is 2. The van der Waals surface area contributed by atoms with E-state index >= 15 is 8.78 Å². The minimum Gasteiger partial charge on any atom is -0.447 e. The molecule has 0 unspecified atom stereocenters. The highest BCUT2D eigenvalue weighted by atomic mass is 127. The molecule has 1 aliphatic carbocycles. The Kier molecular flexibility index (Phi) is 13.6. The van der Waals surface area contributed by atoms with Crippen LogP contribution in [0.2, 0.25) is 5.02 Å². The standard InChI is InChI=1S/C37H32ClF10IN10O5S/c1-16-3-4-20(21-5-6-23(38)27-29(21)58(15-35(41,42)43)56-32(27)59(65(2,62)63)34(61)64-8-7-52-33(50)51)28(53-16)24(11-17-9-18(39)12-19(40)10-17)54-26(60)14-57-31-22(13-25(49)36(31,44)45)30(55-57)37(46,47)48/h3-6,9-10,12,24-25H,7-8,11,13-15H2,1-2H3,(H,54,60)(H4,50,51,52)/t24-,25+/m0/s1. The number of hydrogen-bond acceptors (Lipinski definition) is 9. The molecule has 0 spiro atoms. The van der Waals surface area contributed by atoms with Gasteiger partial charge in [0, 0.05) is 28.5 Å². The second kappa shape index (κ2) is 18.1. The number of nitrogens with zero attached hydrogens (tertiary/aromatic N) is 6. The number of pyridine rings is 1. The average Bonchev–Trinajstić information content (AvgIpc) is 3.77. The van der Waals surface area contributed by atoms with Crippen molar-refractivity contribution in [3.8, 4) is 11.1 Å². The maximum Gasteiger partial charge on any atom is 0.435 e. The number of ether oxygens (including phenoxy) is 1. The van der Waals surface area contributed by atoms with Crippen LogP contribution in [0, 0.1) is 24.0 Å². The van der Waals surface area contributed by atoms with Crippen molar-refractivity contribution in [2.45, 2.75) is 61.1 Å². The molecule has 3 heterocycles. The molecule has 5 aromatic rings. The zero-order valence-electron chi connectivity index (χ0n) is 33.2. The van der Waals surface area contributed by atoms with Gasteiger partial charge < -0.3 is 21.1 Å². The summed E-state index contributed by atoms with van der Waals surface area (Å²) in [6, 6.07) is 5.52. The van der Waals surface area contributed by atoms with Crippen LogP contribution in [0.25, 0.3) is 22.0 Å². The monoisotopic (exact) mass is 1080 g/mol. The number of hydrogen-bond donors (Lipinski definition) is 4. The van der Waals surface area contributed by atoms with E-state index in [1.807, 2.05) is 0 Å². The van der Waals surface area contributed by atoms with Gasteiger partial charge in [0.2, 0.25) is 15.9 Å². The highest BCUT2D eigenvalue weighted by molar-refractivity contribution is 14.1. The fourth-order valence-electron chi connectivity index (χ4n) is 7.16. The van der Waals surface area contributed by atoms with Crippen LogP contribution in [0.1, 0.15) is 39.9 Å². The molecule has 0 radical (unpaired) electrons. The van der Waals surface area contributed by atoms with E-state index in [-0.39, 0.29) is 48.3 Å². The summed E-state index contributed by atoms with van der Waals surface area (Å²) in [6.07, 6.45) is -12.7. The van der Waals surface area contributed by atoms with E-state index in [4.69, 9.17) is 27.5 Å². The zero-order chi connectivity index (χ0) is 48.1. The van der Waals surface area contributed by atoms with Gasteiger partial charge in [-0.2, -0.15) is 49.6 Å². The number of anilines is 1. The number of alkyl halides is 9. The number of nitrogens with two attached hydrogens (primary N) is 1. The molecule has 5 N–H and O–H groups in total. The van der Waals surface area contributed by atoms with Gasteiger partial charge in [-0.3, -0.25) is 24.6 Å². The quantitative estimate of drug-likeness (QED) is 0.0236. The number of nitrogens with one attached hydrogen (secondary N) is 3. The SMILES string of the molecule is Cc1ccc(-c2ccc(Cl)c3c(N(C(=O)OCCNC(=N)N)S(C)(=O)=O)nn(CC(F)(F)F)c23)c([C@H](Cc2cc(F)cc(F)c2)NC(=O)Cn2nc(C(F)(F)F)c3c2C(F)(F)[C@H](I)C3)n1. The van der Waals surface area contributed by atoms with Crippen molar-refractivity contribution in [1.82, 2.24) is 35.2 Å². The molecule has 0 saturated heterocycles. The lowest BCUT2D eigenvalue weighted by Gasteiger charge is -2.23. The summed E-state index contributed by atoms with van der Waals surface area (Å²) >= 11 is 7.83. The van der Waals surface area contributed by atoms with E-state index in [1.54, 1.807) is 0 Å². The molecular weight excluding hydrogens is 1050 g/mol. The third kappa shape index (κ3) is 10.7. The highest BCUT2D eigenvalue weighted by Crippen LogP contribution is 2.50. The number of benzene rings is 2. The third-order valence-electron chi connectivity index (χ3n) is 9.57. The number of carbonyl (C=O) groups is 2. The molecule has 0 saturated carbocycles. The molecule has 28 heteroatoms. The predicted molar refractivity (Wildman–Crippen MR) is 221 cm³/mol. The number of halogens is 12. The van der Waals surface area contributed by atoms with Gasteiger partial charge >= 0.3 is 24.4 Å². The van der Waals surface area contributed by atoms with E-state index in [0.29, 0.717) is 12.3 Å². The Morgan fingerprint density at radius 3 is 2.31 bits per heavy atom. The van der Waals surface area contributed by atoms with E-state index in [0.717, 1.165) is 24.3 Å². The van der Waals surface area contributed by atoms with Gasteiger partial charge in [0.05, 0.1) is 44.4 Å². The van der Waals surface area contributed by atoms with Gasteiger partial charge in [0.25, 0.3) is 0 Å². The maximum absolute atomic E-state index is 15.4. The summed E-state index contributed by atoms with van der Waals surface area (Å²) in [5.74, 6) is -8.80. The van der Waals surface area contributed by atoms with Gasteiger partial charge in [0.15, 0.2) is 17.5 Å². The first kappa shape index (κ1) is 49.0. The lowest BCUT2D eigenvalue weighted by atomic mass is 9.93. The van der Waals surface area contributed by atoms with E-state index in [9.17, 15) is 53.1 Å². The average molecular weight is 1080 g/mol. The van der Waals surface area contributed by atoms with E-state index < -0.39 is 139 Å². The number of aromatic nitrogens is 5. The highest BCUT2D eigenvalue weighted by Gasteiger charge is 2.55. The maximum atomic E-state index is 15.4. The van der Waals surface area contributed by atoms with Gasteiger partial charge in [-0.15, -0.1) is 0 Å². The van der Waals surface area contributed by atoms with Crippen molar-refractivity contribution >= 4 is 78.9 Å². The largest absolute Gasteiger partial charge is 0.447 e. The molecule has 0 fully saturated rings. The van der Waals surface area contributed by atoms with Gasteiger partial charge in [-0.25, -0.2) is 22.0 Å². The van der Waals surface area contributed by atoms with Crippen LogP contribution in [0.3, 0.4) is 0 Å². The lowest BCUT2D eigenvalue weighted by Crippen LogP contribution is -2.39. The van der Waals surface area contributed by atoms with Crippen molar-refractivity contribution in [3.05, 3.63) is 93.0 Å². The third-order valence-corrected chi connectivity index (χ3v) is 12.1. The normalized spacial score (nSPS) is 15.4. The number of rotatable bonds is 13. The molecule has 0 aliphatic heterocycles. The molecule has 3 aromatic heterocycles. The van der Waals surface area contributed by atoms with Crippen molar-refractivity contribution < 1.29 is 66.6 Å². The lowest BCUT2D eigenvalue weighted by molar-refractivity contribution is -0.142. The molecule has 350 valence electrons. The zero-order valence-corrected chi connectivity index (χ0v) is 36.9. The summed E-state index contributed by atoms with van der Waals surface area (Å²) < 4.78 is 175. The minimum atomic E-state index is -5.19. The van der Waals surface area contributed by atoms with Crippen molar-refractivity contribution in [2.75, 3.05) is 23.7 Å². The first-order valence-electron chi connectivity index (χ1n) is 18.5. The molecule has 2 atom stereocenters. The molecule has 2 amide bonds. The fourth-order valence-corrected chi connectivity index (χ4v) is 8.90. The Morgan fingerprint density at radius 1 is 1.06 bits per heavy atom. The second-order valence-electron chi connectivity index (χ2n) is 14.5. The topological polar surface area (TPSA) is 203 Å². The van der Waals surface area contributed by atoms with Crippen LogP contribution >= 0.6 is 34.2 Å². The van der Waals surface area contributed by atoms with E-state index in [2.05, 4.69) is 25.8 Å².